The standard InChI is InChI=1S/C32H48N4O6/c1-8-10-17-22(26(37)28(39)33-18-9-2)34-27(38)25-23-21(32(23,6)7)19-36(25)29(40)24(20-15-13-11-12-14-16-20)35-30(41)42-31(3,4)5/h8-9,13,15,20-25H,1-2,10-12,14,16-19H2,3-7H3,(H,33,39)(H,34,38)(H,35,41)/t20?,21-,22?,23-,24?,25-/m0/s1. The normalized spacial score (nSPS) is 25.6. The second-order valence-electron chi connectivity index (χ2n) is 13.2. The molecule has 3 rings (SSSR count). The van der Waals surface area contributed by atoms with E-state index in [1.807, 2.05) is 12.2 Å². The molecule has 1 heterocycles. The summed E-state index contributed by atoms with van der Waals surface area (Å²) in [5.74, 6) is -2.67. The summed E-state index contributed by atoms with van der Waals surface area (Å²) < 4.78 is 5.49. The van der Waals surface area contributed by atoms with Gasteiger partial charge in [-0.25, -0.2) is 4.79 Å². The van der Waals surface area contributed by atoms with Gasteiger partial charge in [0.25, 0.3) is 5.91 Å². The average molecular weight is 585 g/mol. The Labute approximate surface area is 249 Å². The van der Waals surface area contributed by atoms with E-state index in [-0.39, 0.29) is 42.0 Å². The summed E-state index contributed by atoms with van der Waals surface area (Å²) in [5.41, 5.74) is -0.916. The molecule has 0 radical (unpaired) electrons. The van der Waals surface area contributed by atoms with Gasteiger partial charge in [-0.1, -0.05) is 44.6 Å². The second-order valence-corrected chi connectivity index (χ2v) is 13.2. The van der Waals surface area contributed by atoms with E-state index in [0.29, 0.717) is 19.4 Å². The first-order valence-electron chi connectivity index (χ1n) is 15.0. The number of fused-ring (bicyclic) bond motifs is 1. The number of ketones is 1. The molecular weight excluding hydrogens is 536 g/mol. The first kappa shape index (κ1) is 33.1. The number of hydrogen-bond donors (Lipinski definition) is 3. The smallest absolute Gasteiger partial charge is 0.408 e. The van der Waals surface area contributed by atoms with Crippen LogP contribution in [0.3, 0.4) is 0 Å². The minimum atomic E-state index is -1.07. The molecule has 2 aliphatic carbocycles. The van der Waals surface area contributed by atoms with Crippen LogP contribution in [0.1, 0.15) is 73.1 Å². The molecule has 2 fully saturated rings. The Morgan fingerprint density at radius 2 is 1.81 bits per heavy atom. The molecule has 6 atom stereocenters. The van der Waals surface area contributed by atoms with Crippen molar-refractivity contribution in [3.63, 3.8) is 0 Å². The SMILES string of the molecule is C=CCCC(NC(=O)[C@@H]1[C@@H]2[C@H](CN1C(=O)C(NC(=O)OC(C)(C)C)C1C=CCCCC1)C2(C)C)C(=O)C(=O)NCC=C. The molecule has 0 aromatic carbocycles. The molecule has 3 unspecified atom stereocenters. The van der Waals surface area contributed by atoms with Gasteiger partial charge < -0.3 is 25.6 Å². The highest BCUT2D eigenvalue weighted by Gasteiger charge is 2.69. The third-order valence-corrected chi connectivity index (χ3v) is 8.59. The fraction of sp³-hybridized carbons (Fsp3) is 0.656. The summed E-state index contributed by atoms with van der Waals surface area (Å²) in [7, 11) is 0. The van der Waals surface area contributed by atoms with E-state index in [9.17, 15) is 24.0 Å². The first-order valence-corrected chi connectivity index (χ1v) is 15.0. The molecule has 0 aromatic rings. The van der Waals surface area contributed by atoms with Crippen LogP contribution in [0.15, 0.2) is 37.5 Å². The fourth-order valence-corrected chi connectivity index (χ4v) is 6.29. The van der Waals surface area contributed by atoms with E-state index < -0.39 is 47.4 Å². The lowest BCUT2D eigenvalue weighted by Crippen LogP contribution is -2.59. The summed E-state index contributed by atoms with van der Waals surface area (Å²) in [4.78, 5) is 68.0. The average Bonchev–Trinajstić information content (AvgIpc) is 3.33. The largest absolute Gasteiger partial charge is 0.444 e. The van der Waals surface area contributed by atoms with Crippen molar-refractivity contribution >= 4 is 29.6 Å². The molecule has 10 nitrogen and oxygen atoms in total. The van der Waals surface area contributed by atoms with E-state index in [1.165, 1.54) is 6.08 Å². The van der Waals surface area contributed by atoms with Gasteiger partial charge in [0.2, 0.25) is 17.6 Å². The van der Waals surface area contributed by atoms with Gasteiger partial charge in [0, 0.05) is 19.0 Å². The van der Waals surface area contributed by atoms with E-state index in [0.717, 1.165) is 19.3 Å². The number of rotatable bonds is 12. The lowest BCUT2D eigenvalue weighted by Gasteiger charge is -2.35. The topological polar surface area (TPSA) is 134 Å². The molecule has 1 saturated heterocycles. The van der Waals surface area contributed by atoms with Crippen LogP contribution in [0, 0.1) is 23.2 Å². The van der Waals surface area contributed by atoms with Gasteiger partial charge in [-0.3, -0.25) is 19.2 Å². The van der Waals surface area contributed by atoms with Gasteiger partial charge >= 0.3 is 6.09 Å². The van der Waals surface area contributed by atoms with Crippen LogP contribution in [-0.2, 0) is 23.9 Å². The van der Waals surface area contributed by atoms with Crippen molar-refractivity contribution in [1.29, 1.82) is 0 Å². The third kappa shape index (κ3) is 7.89. The van der Waals surface area contributed by atoms with Crippen LogP contribution in [0.25, 0.3) is 0 Å². The van der Waals surface area contributed by atoms with Crippen LogP contribution in [-0.4, -0.2) is 71.3 Å². The number of allylic oxidation sites excluding steroid dienone is 2. The van der Waals surface area contributed by atoms with E-state index >= 15 is 0 Å². The molecule has 0 aromatic heterocycles. The maximum absolute atomic E-state index is 14.3. The molecule has 0 bridgehead atoms. The lowest BCUT2D eigenvalue weighted by atomic mass is 9.92. The number of carbonyl (C=O) groups excluding carboxylic acids is 5. The number of hydrogen-bond acceptors (Lipinski definition) is 6. The third-order valence-electron chi connectivity index (χ3n) is 8.59. The molecule has 42 heavy (non-hydrogen) atoms. The Balaban J connectivity index is 1.88. The maximum atomic E-state index is 14.3. The van der Waals surface area contributed by atoms with Gasteiger partial charge in [0.05, 0.1) is 6.04 Å². The number of amides is 4. The number of likely N-dealkylation sites (tertiary alicyclic amines) is 1. The zero-order valence-electron chi connectivity index (χ0n) is 25.7. The zero-order valence-corrected chi connectivity index (χ0v) is 25.7. The number of alkyl carbamates (subject to hydrolysis) is 1. The van der Waals surface area contributed by atoms with Crippen molar-refractivity contribution in [1.82, 2.24) is 20.9 Å². The lowest BCUT2D eigenvalue weighted by molar-refractivity contribution is -0.144. The number of carbonyl (C=O) groups is 5. The molecule has 232 valence electrons. The Morgan fingerprint density at radius 1 is 1.10 bits per heavy atom. The predicted molar refractivity (Wildman–Crippen MR) is 160 cm³/mol. The summed E-state index contributed by atoms with van der Waals surface area (Å²) in [6.07, 6.45) is 10.5. The summed E-state index contributed by atoms with van der Waals surface area (Å²) in [6, 6.07) is -2.82. The van der Waals surface area contributed by atoms with Crippen molar-refractivity contribution in [2.75, 3.05) is 13.1 Å². The van der Waals surface area contributed by atoms with Crippen molar-refractivity contribution in [2.45, 2.75) is 96.9 Å². The summed E-state index contributed by atoms with van der Waals surface area (Å²) >= 11 is 0. The molecule has 1 aliphatic heterocycles. The molecule has 4 amide bonds. The molecule has 0 spiro atoms. The Bertz CT molecular complexity index is 1110. The van der Waals surface area contributed by atoms with Gasteiger partial charge in [-0.15, -0.1) is 13.2 Å². The Morgan fingerprint density at radius 3 is 2.45 bits per heavy atom. The van der Waals surface area contributed by atoms with Crippen molar-refractivity contribution in [2.24, 2.45) is 23.2 Å². The molecular formula is C32H48N4O6. The van der Waals surface area contributed by atoms with Crippen LogP contribution < -0.4 is 16.0 Å². The maximum Gasteiger partial charge on any atom is 0.408 e. The predicted octanol–water partition coefficient (Wildman–Crippen LogP) is 3.43. The summed E-state index contributed by atoms with van der Waals surface area (Å²) in [5, 5.41) is 8.08. The first-order chi connectivity index (χ1) is 19.7. The van der Waals surface area contributed by atoms with E-state index in [1.54, 1.807) is 31.7 Å². The van der Waals surface area contributed by atoms with E-state index in [4.69, 9.17) is 4.74 Å². The minimum Gasteiger partial charge on any atom is -0.444 e. The van der Waals surface area contributed by atoms with Crippen LogP contribution in [0.2, 0.25) is 0 Å². The zero-order chi connectivity index (χ0) is 31.2. The van der Waals surface area contributed by atoms with Crippen LogP contribution in [0.4, 0.5) is 4.79 Å². The number of piperidine rings is 1. The number of nitrogens with zero attached hydrogens (tertiary/aromatic N) is 1. The number of nitrogens with one attached hydrogen (secondary N) is 3. The highest BCUT2D eigenvalue weighted by atomic mass is 16.6. The summed E-state index contributed by atoms with van der Waals surface area (Å²) in [6.45, 7) is 17.1. The quantitative estimate of drug-likeness (QED) is 0.238. The monoisotopic (exact) mass is 584 g/mol. The molecule has 3 aliphatic rings. The van der Waals surface area contributed by atoms with Gasteiger partial charge in [-0.05, 0) is 70.1 Å². The highest BCUT2D eigenvalue weighted by molar-refractivity contribution is 6.38. The van der Waals surface area contributed by atoms with Gasteiger partial charge in [0.15, 0.2) is 0 Å². The van der Waals surface area contributed by atoms with Crippen LogP contribution in [0.5, 0.6) is 0 Å². The minimum absolute atomic E-state index is 0.0993. The van der Waals surface area contributed by atoms with Crippen LogP contribution >= 0.6 is 0 Å². The second kappa shape index (κ2) is 13.7. The van der Waals surface area contributed by atoms with Crippen molar-refractivity contribution in [3.05, 3.63) is 37.5 Å². The molecule has 10 heteroatoms. The van der Waals surface area contributed by atoms with Crippen molar-refractivity contribution < 1.29 is 28.7 Å². The molecule has 3 N–H and O–H groups in total. The van der Waals surface area contributed by atoms with Gasteiger partial charge in [0.1, 0.15) is 17.7 Å². The Hall–Kier alpha value is -3.43. The molecule has 1 saturated carbocycles. The van der Waals surface area contributed by atoms with Gasteiger partial charge in [-0.2, -0.15) is 0 Å². The number of ether oxygens (including phenoxy) is 1. The van der Waals surface area contributed by atoms with Crippen molar-refractivity contribution in [3.8, 4) is 0 Å². The fourth-order valence-electron chi connectivity index (χ4n) is 6.29. The Kier molecular flexibility index (Phi) is 10.8. The number of Topliss-reactive ketones (excluding diaryl/α,β-unsaturated/α-hetero) is 1. The highest BCUT2D eigenvalue weighted by Crippen LogP contribution is 2.65. The van der Waals surface area contributed by atoms with E-state index in [2.05, 4.69) is 43.0 Å².